The minimum atomic E-state index is 0.0669. The van der Waals surface area contributed by atoms with Gasteiger partial charge in [-0.3, -0.25) is 4.79 Å². The molecular formula is C17H18O2S. The molecule has 2 aromatic rings. The number of hydrogen-bond donors (Lipinski definition) is 0. The molecular weight excluding hydrogens is 268 g/mol. The van der Waals surface area contributed by atoms with Gasteiger partial charge in [0.05, 0.1) is 16.5 Å². The van der Waals surface area contributed by atoms with E-state index in [1.165, 1.54) is 16.9 Å². The largest absolute Gasteiger partial charge is 0.490 e. The molecule has 0 saturated heterocycles. The van der Waals surface area contributed by atoms with E-state index in [1.807, 2.05) is 38.1 Å². The van der Waals surface area contributed by atoms with Gasteiger partial charge in [0.25, 0.3) is 0 Å². The molecule has 1 aromatic carbocycles. The highest BCUT2D eigenvalue weighted by Crippen LogP contribution is 2.33. The maximum absolute atomic E-state index is 12.7. The fourth-order valence-electron chi connectivity index (χ4n) is 2.58. The number of aryl methyl sites for hydroxylation is 2. The minimum Gasteiger partial charge on any atom is -0.490 e. The fraction of sp³-hybridized carbons (Fsp3) is 0.353. The number of ether oxygens (including phenoxy) is 1. The van der Waals surface area contributed by atoms with E-state index in [-0.39, 0.29) is 11.9 Å². The second-order valence-corrected chi connectivity index (χ2v) is 6.54. The minimum absolute atomic E-state index is 0.0669. The Labute approximate surface area is 123 Å². The first-order valence-electron chi connectivity index (χ1n) is 7.07. The van der Waals surface area contributed by atoms with Crippen LogP contribution in [0.2, 0.25) is 0 Å². The van der Waals surface area contributed by atoms with Gasteiger partial charge in [-0.2, -0.15) is 0 Å². The van der Waals surface area contributed by atoms with Gasteiger partial charge in [0.15, 0.2) is 0 Å². The molecule has 0 unspecified atom stereocenters. The highest BCUT2D eigenvalue weighted by atomic mass is 32.1. The summed E-state index contributed by atoms with van der Waals surface area (Å²) in [7, 11) is 0. The van der Waals surface area contributed by atoms with Crippen LogP contribution in [0.5, 0.6) is 5.75 Å². The molecule has 0 atom stereocenters. The maximum atomic E-state index is 12.7. The van der Waals surface area contributed by atoms with Crippen LogP contribution in [0, 0.1) is 0 Å². The van der Waals surface area contributed by atoms with E-state index in [0.717, 1.165) is 17.7 Å². The molecule has 0 saturated carbocycles. The second-order valence-electron chi connectivity index (χ2n) is 5.40. The van der Waals surface area contributed by atoms with Crippen LogP contribution >= 0.6 is 11.3 Å². The van der Waals surface area contributed by atoms with Crippen LogP contribution in [-0.2, 0) is 12.8 Å². The summed E-state index contributed by atoms with van der Waals surface area (Å²) in [6.07, 6.45) is 3.53. The molecule has 0 N–H and O–H groups in total. The van der Waals surface area contributed by atoms with Gasteiger partial charge < -0.3 is 4.74 Å². The molecule has 0 spiro atoms. The number of fused-ring (bicyclic) bond motifs is 1. The zero-order valence-corrected chi connectivity index (χ0v) is 12.6. The molecule has 1 aliphatic rings. The third-order valence-electron chi connectivity index (χ3n) is 3.46. The Morgan fingerprint density at radius 1 is 1.25 bits per heavy atom. The number of rotatable bonds is 4. The topological polar surface area (TPSA) is 26.3 Å². The van der Waals surface area contributed by atoms with Crippen LogP contribution in [0.4, 0.5) is 0 Å². The molecule has 3 rings (SSSR count). The Kier molecular flexibility index (Phi) is 3.62. The Bertz CT molecular complexity index is 619. The maximum Gasteiger partial charge on any atom is 0.206 e. The van der Waals surface area contributed by atoms with Crippen LogP contribution in [-0.4, -0.2) is 11.9 Å². The van der Waals surface area contributed by atoms with Gasteiger partial charge in [0, 0.05) is 4.88 Å². The van der Waals surface area contributed by atoms with Gasteiger partial charge >= 0.3 is 0 Å². The van der Waals surface area contributed by atoms with Gasteiger partial charge in [-0.1, -0.05) is 12.1 Å². The van der Waals surface area contributed by atoms with E-state index in [4.69, 9.17) is 4.74 Å². The van der Waals surface area contributed by atoms with Crippen molar-refractivity contribution in [3.8, 4) is 5.75 Å². The summed E-state index contributed by atoms with van der Waals surface area (Å²) in [6.45, 7) is 3.95. The highest BCUT2D eigenvalue weighted by Gasteiger charge is 2.21. The number of hydrogen-bond acceptors (Lipinski definition) is 3. The summed E-state index contributed by atoms with van der Waals surface area (Å²) in [4.78, 5) is 14.9. The van der Waals surface area contributed by atoms with Crippen LogP contribution in [0.1, 0.15) is 45.9 Å². The molecule has 1 aliphatic carbocycles. The lowest BCUT2D eigenvalue weighted by Gasteiger charge is -2.12. The smallest absolute Gasteiger partial charge is 0.206 e. The Hall–Kier alpha value is -1.61. The van der Waals surface area contributed by atoms with Crippen LogP contribution < -0.4 is 4.74 Å². The van der Waals surface area contributed by atoms with Gasteiger partial charge in [0.2, 0.25) is 5.78 Å². The number of benzene rings is 1. The summed E-state index contributed by atoms with van der Waals surface area (Å²) >= 11 is 1.65. The van der Waals surface area contributed by atoms with Gasteiger partial charge in [-0.25, -0.2) is 0 Å². The van der Waals surface area contributed by atoms with E-state index < -0.39 is 0 Å². The van der Waals surface area contributed by atoms with Crippen LogP contribution in [0.25, 0.3) is 0 Å². The van der Waals surface area contributed by atoms with E-state index >= 15 is 0 Å². The molecule has 3 heteroatoms. The number of ketones is 1. The van der Waals surface area contributed by atoms with Crippen LogP contribution in [0.3, 0.4) is 0 Å². The molecule has 0 fully saturated rings. The van der Waals surface area contributed by atoms with Crippen LogP contribution in [0.15, 0.2) is 30.3 Å². The lowest BCUT2D eigenvalue weighted by Crippen LogP contribution is -2.10. The predicted octanol–water partition coefficient (Wildman–Crippen LogP) is 4.26. The van der Waals surface area contributed by atoms with Gasteiger partial charge in [-0.15, -0.1) is 11.3 Å². The standard InChI is InChI=1S/C17H18O2S/c1-11(2)19-14-8-4-3-7-13(14)17(18)16-10-12-6-5-9-15(12)20-16/h3-4,7-8,10-11H,5-6,9H2,1-2H3. The van der Waals surface area contributed by atoms with Crippen molar-refractivity contribution < 1.29 is 9.53 Å². The summed E-state index contributed by atoms with van der Waals surface area (Å²) in [5.41, 5.74) is 2.03. The van der Waals surface area contributed by atoms with Gasteiger partial charge in [0.1, 0.15) is 5.75 Å². The molecule has 2 nitrogen and oxygen atoms in total. The summed E-state index contributed by atoms with van der Waals surface area (Å²) < 4.78 is 5.75. The first-order chi connectivity index (χ1) is 9.65. The van der Waals surface area contributed by atoms with Gasteiger partial charge in [-0.05, 0) is 56.9 Å². The first-order valence-corrected chi connectivity index (χ1v) is 7.89. The third-order valence-corrected chi connectivity index (χ3v) is 4.70. The lowest BCUT2D eigenvalue weighted by atomic mass is 10.1. The molecule has 0 radical (unpaired) electrons. The first kappa shape index (κ1) is 13.4. The summed E-state index contributed by atoms with van der Waals surface area (Å²) in [6, 6.07) is 9.59. The van der Waals surface area contributed by atoms with Crippen molar-refractivity contribution in [3.05, 3.63) is 51.2 Å². The third kappa shape index (κ3) is 2.50. The van der Waals surface area contributed by atoms with E-state index in [1.54, 1.807) is 11.3 Å². The molecule has 1 aromatic heterocycles. The highest BCUT2D eigenvalue weighted by molar-refractivity contribution is 7.14. The van der Waals surface area contributed by atoms with E-state index in [9.17, 15) is 4.79 Å². The SMILES string of the molecule is CC(C)Oc1ccccc1C(=O)c1cc2c(s1)CCC2. The Morgan fingerprint density at radius 2 is 2.05 bits per heavy atom. The molecule has 0 bridgehead atoms. The monoisotopic (exact) mass is 286 g/mol. The van der Waals surface area contributed by atoms with Crippen molar-refractivity contribution in [2.24, 2.45) is 0 Å². The Balaban J connectivity index is 1.93. The molecule has 0 aliphatic heterocycles. The second kappa shape index (κ2) is 5.41. The molecule has 104 valence electrons. The average Bonchev–Trinajstić information content (AvgIpc) is 2.98. The van der Waals surface area contributed by atoms with Crippen molar-refractivity contribution in [2.45, 2.75) is 39.2 Å². The molecule has 20 heavy (non-hydrogen) atoms. The normalized spacial score (nSPS) is 13.6. The quantitative estimate of drug-likeness (QED) is 0.785. The fourth-order valence-corrected chi connectivity index (χ4v) is 3.79. The number of para-hydroxylation sites is 1. The number of carbonyl (C=O) groups is 1. The van der Waals surface area contributed by atoms with E-state index in [0.29, 0.717) is 11.3 Å². The number of thiophene rings is 1. The van der Waals surface area contributed by atoms with Crippen molar-refractivity contribution in [2.75, 3.05) is 0 Å². The van der Waals surface area contributed by atoms with Crippen molar-refractivity contribution in [1.82, 2.24) is 0 Å². The summed E-state index contributed by atoms with van der Waals surface area (Å²) in [5, 5.41) is 0. The van der Waals surface area contributed by atoms with Crippen molar-refractivity contribution in [3.63, 3.8) is 0 Å². The average molecular weight is 286 g/mol. The number of carbonyl (C=O) groups excluding carboxylic acids is 1. The van der Waals surface area contributed by atoms with Crippen molar-refractivity contribution in [1.29, 1.82) is 0 Å². The van der Waals surface area contributed by atoms with Crippen molar-refractivity contribution >= 4 is 17.1 Å². The lowest BCUT2D eigenvalue weighted by molar-refractivity contribution is 0.103. The zero-order chi connectivity index (χ0) is 14.1. The van der Waals surface area contributed by atoms with E-state index in [2.05, 4.69) is 6.07 Å². The zero-order valence-electron chi connectivity index (χ0n) is 11.8. The molecule has 0 amide bonds. The Morgan fingerprint density at radius 3 is 2.80 bits per heavy atom. The molecule has 1 heterocycles. The summed E-state index contributed by atoms with van der Waals surface area (Å²) in [5.74, 6) is 0.765. The predicted molar refractivity (Wildman–Crippen MR) is 82.0 cm³/mol.